The van der Waals surface area contributed by atoms with Crippen LogP contribution in [0, 0.1) is 0 Å². The molecule has 2 unspecified atom stereocenters. The van der Waals surface area contributed by atoms with Crippen LogP contribution in [0.5, 0.6) is 0 Å². The number of rotatable bonds is 2. The quantitative estimate of drug-likeness (QED) is 0.672. The fourth-order valence-corrected chi connectivity index (χ4v) is 2.04. The van der Waals surface area contributed by atoms with Crippen molar-refractivity contribution in [2.24, 2.45) is 0 Å². The van der Waals surface area contributed by atoms with Gasteiger partial charge in [0, 0.05) is 26.6 Å². The SMILES string of the molecule is CN1CC(NC(=O)C2CCCO2)CC1=O. The first-order valence-electron chi connectivity index (χ1n) is 5.33. The zero-order valence-electron chi connectivity index (χ0n) is 8.86. The Morgan fingerprint density at radius 1 is 1.60 bits per heavy atom. The maximum Gasteiger partial charge on any atom is 0.249 e. The van der Waals surface area contributed by atoms with E-state index in [0.29, 0.717) is 19.6 Å². The molecule has 2 fully saturated rings. The smallest absolute Gasteiger partial charge is 0.249 e. The Morgan fingerprint density at radius 3 is 2.93 bits per heavy atom. The predicted octanol–water partition coefficient (Wildman–Crippen LogP) is -0.488. The Labute approximate surface area is 88.8 Å². The normalized spacial score (nSPS) is 31.0. The van der Waals surface area contributed by atoms with E-state index in [2.05, 4.69) is 5.32 Å². The van der Waals surface area contributed by atoms with E-state index in [0.717, 1.165) is 12.8 Å². The van der Waals surface area contributed by atoms with Crippen LogP contribution in [0.1, 0.15) is 19.3 Å². The monoisotopic (exact) mass is 212 g/mol. The van der Waals surface area contributed by atoms with Gasteiger partial charge in [0.1, 0.15) is 6.10 Å². The Kier molecular flexibility index (Phi) is 2.90. The summed E-state index contributed by atoms with van der Waals surface area (Å²) in [5.41, 5.74) is 0. The van der Waals surface area contributed by atoms with Crippen molar-refractivity contribution in [3.05, 3.63) is 0 Å². The summed E-state index contributed by atoms with van der Waals surface area (Å²) < 4.78 is 5.27. The Morgan fingerprint density at radius 2 is 2.40 bits per heavy atom. The van der Waals surface area contributed by atoms with Crippen molar-refractivity contribution in [1.29, 1.82) is 0 Å². The molecule has 0 radical (unpaired) electrons. The lowest BCUT2D eigenvalue weighted by atomic mass is 10.2. The van der Waals surface area contributed by atoms with E-state index < -0.39 is 0 Å². The summed E-state index contributed by atoms with van der Waals surface area (Å²) in [6, 6.07) is -0.0424. The molecule has 0 bridgehead atoms. The van der Waals surface area contributed by atoms with Crippen LogP contribution in [0.15, 0.2) is 0 Å². The molecule has 2 atom stereocenters. The number of amides is 2. The van der Waals surface area contributed by atoms with Gasteiger partial charge in [0.15, 0.2) is 0 Å². The van der Waals surface area contributed by atoms with Crippen molar-refractivity contribution in [3.8, 4) is 0 Å². The third-order valence-electron chi connectivity index (χ3n) is 2.91. The maximum atomic E-state index is 11.6. The zero-order valence-corrected chi connectivity index (χ0v) is 8.86. The highest BCUT2D eigenvalue weighted by molar-refractivity contribution is 5.84. The molecular formula is C10H16N2O3. The van der Waals surface area contributed by atoms with Crippen molar-refractivity contribution in [3.63, 3.8) is 0 Å². The number of hydrogen-bond acceptors (Lipinski definition) is 3. The van der Waals surface area contributed by atoms with Gasteiger partial charge in [-0.2, -0.15) is 0 Å². The van der Waals surface area contributed by atoms with E-state index in [-0.39, 0.29) is 24.0 Å². The van der Waals surface area contributed by atoms with Gasteiger partial charge in [-0.3, -0.25) is 9.59 Å². The predicted molar refractivity (Wildman–Crippen MR) is 53.2 cm³/mol. The lowest BCUT2D eigenvalue weighted by Crippen LogP contribution is -2.42. The average molecular weight is 212 g/mol. The van der Waals surface area contributed by atoms with Gasteiger partial charge in [-0.15, -0.1) is 0 Å². The van der Waals surface area contributed by atoms with Crippen LogP contribution in [0.4, 0.5) is 0 Å². The maximum absolute atomic E-state index is 11.6. The van der Waals surface area contributed by atoms with E-state index in [9.17, 15) is 9.59 Å². The fraction of sp³-hybridized carbons (Fsp3) is 0.800. The summed E-state index contributed by atoms with van der Waals surface area (Å²) in [6.45, 7) is 1.28. The fourth-order valence-electron chi connectivity index (χ4n) is 2.04. The molecule has 0 saturated carbocycles. The van der Waals surface area contributed by atoms with Gasteiger partial charge in [0.25, 0.3) is 0 Å². The van der Waals surface area contributed by atoms with Crippen molar-refractivity contribution >= 4 is 11.8 Å². The third kappa shape index (κ3) is 2.28. The molecule has 84 valence electrons. The first-order chi connectivity index (χ1) is 7.16. The van der Waals surface area contributed by atoms with Gasteiger partial charge in [0.05, 0.1) is 6.04 Å². The zero-order chi connectivity index (χ0) is 10.8. The lowest BCUT2D eigenvalue weighted by Gasteiger charge is -2.15. The van der Waals surface area contributed by atoms with Crippen LogP contribution in [0.3, 0.4) is 0 Å². The molecule has 1 N–H and O–H groups in total. The number of nitrogens with zero attached hydrogens (tertiary/aromatic N) is 1. The van der Waals surface area contributed by atoms with Crippen LogP contribution < -0.4 is 5.32 Å². The van der Waals surface area contributed by atoms with Gasteiger partial charge in [-0.1, -0.05) is 0 Å². The number of likely N-dealkylation sites (N-methyl/N-ethyl adjacent to an activating group) is 1. The minimum absolute atomic E-state index is 0.0424. The Bertz CT molecular complexity index is 274. The van der Waals surface area contributed by atoms with Gasteiger partial charge in [0.2, 0.25) is 11.8 Å². The number of ether oxygens (including phenoxy) is 1. The van der Waals surface area contributed by atoms with E-state index in [4.69, 9.17) is 4.74 Å². The Hall–Kier alpha value is -1.10. The molecule has 5 heteroatoms. The standard InChI is InChI=1S/C10H16N2O3/c1-12-6-7(5-9(12)13)11-10(14)8-3-2-4-15-8/h7-8H,2-6H2,1H3,(H,11,14). The van der Waals surface area contributed by atoms with Crippen LogP contribution in [0.25, 0.3) is 0 Å². The first-order valence-corrected chi connectivity index (χ1v) is 5.33. The second-order valence-electron chi connectivity index (χ2n) is 4.19. The molecule has 0 aliphatic carbocycles. The van der Waals surface area contributed by atoms with Gasteiger partial charge < -0.3 is 15.0 Å². The van der Waals surface area contributed by atoms with Gasteiger partial charge in [-0.05, 0) is 12.8 Å². The van der Waals surface area contributed by atoms with Crippen LogP contribution >= 0.6 is 0 Å². The molecule has 5 nitrogen and oxygen atoms in total. The largest absolute Gasteiger partial charge is 0.368 e. The highest BCUT2D eigenvalue weighted by Crippen LogP contribution is 2.14. The highest BCUT2D eigenvalue weighted by Gasteiger charge is 2.31. The van der Waals surface area contributed by atoms with Crippen molar-refractivity contribution in [2.45, 2.75) is 31.4 Å². The highest BCUT2D eigenvalue weighted by atomic mass is 16.5. The molecule has 2 rings (SSSR count). The molecular weight excluding hydrogens is 196 g/mol. The summed E-state index contributed by atoms with van der Waals surface area (Å²) in [4.78, 5) is 24.5. The summed E-state index contributed by atoms with van der Waals surface area (Å²) in [6.07, 6.45) is 1.85. The summed E-state index contributed by atoms with van der Waals surface area (Å²) >= 11 is 0. The molecule has 2 aliphatic rings. The second-order valence-corrected chi connectivity index (χ2v) is 4.19. The van der Waals surface area contributed by atoms with Crippen molar-refractivity contribution in [2.75, 3.05) is 20.2 Å². The van der Waals surface area contributed by atoms with Crippen LogP contribution in [0.2, 0.25) is 0 Å². The molecule has 2 aliphatic heterocycles. The minimum atomic E-state index is -0.300. The molecule has 0 aromatic carbocycles. The lowest BCUT2D eigenvalue weighted by molar-refractivity contribution is -0.130. The van der Waals surface area contributed by atoms with Gasteiger partial charge in [-0.25, -0.2) is 0 Å². The third-order valence-corrected chi connectivity index (χ3v) is 2.91. The van der Waals surface area contributed by atoms with E-state index in [1.807, 2.05) is 0 Å². The van der Waals surface area contributed by atoms with Crippen LogP contribution in [-0.4, -0.2) is 49.1 Å². The average Bonchev–Trinajstić information content (AvgIpc) is 2.77. The molecule has 15 heavy (non-hydrogen) atoms. The van der Waals surface area contributed by atoms with Gasteiger partial charge >= 0.3 is 0 Å². The first kappa shape index (κ1) is 10.4. The van der Waals surface area contributed by atoms with Crippen molar-refractivity contribution in [1.82, 2.24) is 10.2 Å². The summed E-state index contributed by atoms with van der Waals surface area (Å²) in [5.74, 6) is 0.0215. The summed E-state index contributed by atoms with van der Waals surface area (Å²) in [7, 11) is 1.75. The number of likely N-dealkylation sites (tertiary alicyclic amines) is 1. The molecule has 2 saturated heterocycles. The molecule has 2 heterocycles. The number of nitrogens with one attached hydrogen (secondary N) is 1. The molecule has 0 spiro atoms. The van der Waals surface area contributed by atoms with E-state index in [1.165, 1.54) is 0 Å². The molecule has 0 aromatic heterocycles. The minimum Gasteiger partial charge on any atom is -0.368 e. The Balaban J connectivity index is 1.82. The number of carbonyl (C=O) groups excluding carboxylic acids is 2. The second kappa shape index (κ2) is 4.18. The molecule has 2 amide bonds. The van der Waals surface area contributed by atoms with E-state index in [1.54, 1.807) is 11.9 Å². The van der Waals surface area contributed by atoms with E-state index >= 15 is 0 Å². The van der Waals surface area contributed by atoms with Crippen molar-refractivity contribution < 1.29 is 14.3 Å². The van der Waals surface area contributed by atoms with Crippen LogP contribution in [-0.2, 0) is 14.3 Å². The summed E-state index contributed by atoms with van der Waals surface area (Å²) in [5, 5.41) is 2.86. The number of hydrogen-bond donors (Lipinski definition) is 1. The molecule has 0 aromatic rings. The topological polar surface area (TPSA) is 58.6 Å². The number of carbonyl (C=O) groups is 2.